The maximum Gasteiger partial charge on any atom is 0.310 e. The zero-order chi connectivity index (χ0) is 21.7. The predicted octanol–water partition coefficient (Wildman–Crippen LogP) is 2.44. The molecule has 0 bridgehead atoms. The Morgan fingerprint density at radius 3 is 2.70 bits per heavy atom. The molecule has 0 radical (unpaired) electrons. The van der Waals surface area contributed by atoms with E-state index in [-0.39, 0.29) is 41.3 Å². The molecule has 1 N–H and O–H groups in total. The van der Waals surface area contributed by atoms with Crippen LogP contribution in [0.25, 0.3) is 0 Å². The van der Waals surface area contributed by atoms with E-state index < -0.39 is 21.7 Å². The van der Waals surface area contributed by atoms with Crippen LogP contribution in [0.1, 0.15) is 30.3 Å². The molecule has 8 nitrogen and oxygen atoms in total. The number of esters is 1. The second kappa shape index (κ2) is 9.21. The SMILES string of the molecule is CCOC(=O)[C@@H]1CCCN(C(=O)c2cc(NS(=O)(=O)c3ccc(F)cc3)ccn2)C1. The van der Waals surface area contributed by atoms with Crippen LogP contribution >= 0.6 is 0 Å². The summed E-state index contributed by atoms with van der Waals surface area (Å²) in [6.07, 6.45) is 2.63. The number of carbonyl (C=O) groups is 2. The molecule has 0 spiro atoms. The number of sulfonamides is 1. The Kier molecular flexibility index (Phi) is 6.66. The highest BCUT2D eigenvalue weighted by Crippen LogP contribution is 2.21. The molecule has 1 aliphatic heterocycles. The van der Waals surface area contributed by atoms with Crippen LogP contribution in [0.2, 0.25) is 0 Å². The lowest BCUT2D eigenvalue weighted by atomic mass is 9.98. The van der Waals surface area contributed by atoms with E-state index >= 15 is 0 Å². The topological polar surface area (TPSA) is 106 Å². The van der Waals surface area contributed by atoms with Gasteiger partial charge in [0, 0.05) is 19.3 Å². The Bertz CT molecular complexity index is 1030. The number of hydrogen-bond acceptors (Lipinski definition) is 6. The molecule has 10 heteroatoms. The quantitative estimate of drug-likeness (QED) is 0.699. The van der Waals surface area contributed by atoms with Crippen molar-refractivity contribution in [3.05, 3.63) is 54.1 Å². The molecule has 2 heterocycles. The highest BCUT2D eigenvalue weighted by Gasteiger charge is 2.30. The van der Waals surface area contributed by atoms with Crippen molar-refractivity contribution in [1.29, 1.82) is 0 Å². The first kappa shape index (κ1) is 21.7. The minimum atomic E-state index is -3.95. The van der Waals surface area contributed by atoms with Crippen molar-refractivity contribution >= 4 is 27.6 Å². The molecule has 1 aromatic heterocycles. The van der Waals surface area contributed by atoms with Crippen LogP contribution in [-0.2, 0) is 19.6 Å². The van der Waals surface area contributed by atoms with Crippen LogP contribution in [0.5, 0.6) is 0 Å². The Balaban J connectivity index is 1.74. The smallest absolute Gasteiger partial charge is 0.310 e. The molecule has 30 heavy (non-hydrogen) atoms. The van der Waals surface area contributed by atoms with Crippen LogP contribution in [0.4, 0.5) is 10.1 Å². The number of amides is 1. The zero-order valence-corrected chi connectivity index (χ0v) is 17.2. The average Bonchev–Trinajstić information content (AvgIpc) is 2.73. The van der Waals surface area contributed by atoms with Gasteiger partial charge in [-0.3, -0.25) is 19.3 Å². The third-order valence-corrected chi connectivity index (χ3v) is 6.08. The first-order chi connectivity index (χ1) is 14.3. The lowest BCUT2D eigenvalue weighted by Crippen LogP contribution is -2.43. The fourth-order valence-electron chi connectivity index (χ4n) is 3.21. The molecule has 0 aliphatic carbocycles. The summed E-state index contributed by atoms with van der Waals surface area (Å²) >= 11 is 0. The van der Waals surface area contributed by atoms with Gasteiger partial charge in [0.2, 0.25) is 0 Å². The number of piperidine rings is 1. The van der Waals surface area contributed by atoms with Crippen molar-refractivity contribution in [2.45, 2.75) is 24.7 Å². The number of ether oxygens (including phenoxy) is 1. The summed E-state index contributed by atoms with van der Waals surface area (Å²) in [4.78, 5) is 30.3. The van der Waals surface area contributed by atoms with Gasteiger partial charge in [0.1, 0.15) is 11.5 Å². The van der Waals surface area contributed by atoms with Crippen LogP contribution in [-0.4, -0.2) is 49.9 Å². The van der Waals surface area contributed by atoms with Crippen LogP contribution in [0.15, 0.2) is 47.5 Å². The van der Waals surface area contributed by atoms with Crippen LogP contribution < -0.4 is 4.72 Å². The molecule has 2 aromatic rings. The maximum atomic E-state index is 13.0. The first-order valence-electron chi connectivity index (χ1n) is 9.50. The molecule has 0 unspecified atom stereocenters. The number of nitrogens with zero attached hydrogens (tertiary/aromatic N) is 2. The monoisotopic (exact) mass is 435 g/mol. The fourth-order valence-corrected chi connectivity index (χ4v) is 4.26. The summed E-state index contributed by atoms with van der Waals surface area (Å²) in [7, 11) is -3.95. The maximum absolute atomic E-state index is 13.0. The summed E-state index contributed by atoms with van der Waals surface area (Å²) in [5.74, 6) is -1.66. The number of carbonyl (C=O) groups excluding carboxylic acids is 2. The Hall–Kier alpha value is -3.01. The normalized spacial score (nSPS) is 16.7. The minimum Gasteiger partial charge on any atom is -0.466 e. The number of pyridine rings is 1. The molecule has 1 saturated heterocycles. The second-order valence-electron chi connectivity index (χ2n) is 6.83. The number of benzene rings is 1. The number of hydrogen-bond donors (Lipinski definition) is 1. The van der Waals surface area contributed by atoms with Crippen molar-refractivity contribution in [2.75, 3.05) is 24.4 Å². The first-order valence-corrected chi connectivity index (χ1v) is 11.0. The van der Waals surface area contributed by atoms with Crippen LogP contribution in [0, 0.1) is 11.7 Å². The van der Waals surface area contributed by atoms with E-state index in [1.165, 1.54) is 23.2 Å². The number of nitrogens with one attached hydrogen (secondary N) is 1. The van der Waals surface area contributed by atoms with Gasteiger partial charge in [-0.05, 0) is 56.2 Å². The lowest BCUT2D eigenvalue weighted by Gasteiger charge is -2.31. The molecule has 3 rings (SSSR count). The van der Waals surface area contributed by atoms with Gasteiger partial charge in [0.25, 0.3) is 15.9 Å². The molecule has 1 amide bonds. The zero-order valence-electron chi connectivity index (χ0n) is 16.4. The van der Waals surface area contributed by atoms with Crippen molar-refractivity contribution < 1.29 is 27.1 Å². The summed E-state index contributed by atoms with van der Waals surface area (Å²) < 4.78 is 45.4. The largest absolute Gasteiger partial charge is 0.466 e. The Labute approximate surface area is 174 Å². The average molecular weight is 435 g/mol. The number of anilines is 1. The standard InChI is InChI=1S/C20H22FN3O5S/c1-2-29-20(26)14-4-3-11-24(13-14)19(25)18-12-16(9-10-22-18)23-30(27,28)17-7-5-15(21)6-8-17/h5-10,12,14H,2-4,11,13H2,1H3,(H,22,23)/t14-/m1/s1. The molecule has 1 aromatic carbocycles. The predicted molar refractivity (Wildman–Crippen MR) is 107 cm³/mol. The van der Waals surface area contributed by atoms with Crippen molar-refractivity contribution in [3.8, 4) is 0 Å². The summed E-state index contributed by atoms with van der Waals surface area (Å²) in [5.41, 5.74) is 0.204. The lowest BCUT2D eigenvalue weighted by molar-refractivity contribution is -0.149. The molecule has 1 aliphatic rings. The van der Waals surface area contributed by atoms with Gasteiger partial charge in [0.15, 0.2) is 0 Å². The number of rotatable bonds is 6. The van der Waals surface area contributed by atoms with E-state index in [0.29, 0.717) is 19.4 Å². The Morgan fingerprint density at radius 2 is 2.00 bits per heavy atom. The van der Waals surface area contributed by atoms with E-state index in [1.807, 2.05) is 0 Å². The van der Waals surface area contributed by atoms with Gasteiger partial charge in [-0.25, -0.2) is 12.8 Å². The van der Waals surface area contributed by atoms with Crippen molar-refractivity contribution in [3.63, 3.8) is 0 Å². The van der Waals surface area contributed by atoms with E-state index in [4.69, 9.17) is 4.74 Å². The molecule has 160 valence electrons. The van der Waals surface area contributed by atoms with Gasteiger partial charge < -0.3 is 9.64 Å². The van der Waals surface area contributed by atoms with Gasteiger partial charge in [0.05, 0.1) is 23.1 Å². The van der Waals surface area contributed by atoms with Gasteiger partial charge in [-0.2, -0.15) is 0 Å². The van der Waals surface area contributed by atoms with Gasteiger partial charge in [-0.15, -0.1) is 0 Å². The summed E-state index contributed by atoms with van der Waals surface area (Å²) in [6.45, 7) is 2.71. The molecule has 0 saturated carbocycles. The highest BCUT2D eigenvalue weighted by atomic mass is 32.2. The molecule has 1 fully saturated rings. The molecular formula is C20H22FN3O5S. The van der Waals surface area contributed by atoms with E-state index in [0.717, 1.165) is 24.3 Å². The third kappa shape index (κ3) is 5.12. The third-order valence-electron chi connectivity index (χ3n) is 4.68. The minimum absolute atomic E-state index is 0.0545. The number of aromatic nitrogens is 1. The molecule has 1 atom stereocenters. The van der Waals surface area contributed by atoms with Crippen molar-refractivity contribution in [2.24, 2.45) is 5.92 Å². The summed E-state index contributed by atoms with van der Waals surface area (Å²) in [5, 5.41) is 0. The molecular weight excluding hydrogens is 413 g/mol. The van der Waals surface area contributed by atoms with E-state index in [1.54, 1.807) is 6.92 Å². The second-order valence-corrected chi connectivity index (χ2v) is 8.51. The number of likely N-dealkylation sites (tertiary alicyclic amines) is 1. The van der Waals surface area contributed by atoms with Gasteiger partial charge >= 0.3 is 5.97 Å². The summed E-state index contributed by atoms with van der Waals surface area (Å²) in [6, 6.07) is 7.13. The van der Waals surface area contributed by atoms with Crippen molar-refractivity contribution in [1.82, 2.24) is 9.88 Å². The van der Waals surface area contributed by atoms with Gasteiger partial charge in [-0.1, -0.05) is 0 Å². The Morgan fingerprint density at radius 1 is 1.27 bits per heavy atom. The van der Waals surface area contributed by atoms with E-state index in [9.17, 15) is 22.4 Å². The highest BCUT2D eigenvalue weighted by molar-refractivity contribution is 7.92. The van der Waals surface area contributed by atoms with E-state index in [2.05, 4.69) is 9.71 Å². The fraction of sp³-hybridized carbons (Fsp3) is 0.350. The van der Waals surface area contributed by atoms with Crippen LogP contribution in [0.3, 0.4) is 0 Å². The number of halogens is 1.